The van der Waals surface area contributed by atoms with Gasteiger partial charge in [-0.25, -0.2) is 4.39 Å². The normalized spacial score (nSPS) is 23.2. The van der Waals surface area contributed by atoms with E-state index in [1.165, 1.54) is 6.07 Å². The van der Waals surface area contributed by atoms with E-state index in [-0.39, 0.29) is 16.4 Å². The zero-order valence-electron chi connectivity index (χ0n) is 12.7. The van der Waals surface area contributed by atoms with E-state index < -0.39 is 0 Å². The first-order chi connectivity index (χ1) is 9.30. The van der Waals surface area contributed by atoms with Crippen LogP contribution in [0.25, 0.3) is 0 Å². The van der Waals surface area contributed by atoms with Gasteiger partial charge in [0.25, 0.3) is 0 Å². The van der Waals surface area contributed by atoms with Crippen molar-refractivity contribution in [2.45, 2.75) is 45.8 Å². The highest BCUT2D eigenvalue weighted by Crippen LogP contribution is 2.26. The number of nitrogens with one attached hydrogen (secondary N) is 1. The summed E-state index contributed by atoms with van der Waals surface area (Å²) in [7, 11) is 0. The van der Waals surface area contributed by atoms with Crippen molar-refractivity contribution in [1.82, 2.24) is 10.2 Å². The van der Waals surface area contributed by atoms with Crippen molar-refractivity contribution in [3.8, 4) is 0 Å². The number of hydrogen-bond acceptors (Lipinski definition) is 2. The largest absolute Gasteiger partial charge is 0.309 e. The van der Waals surface area contributed by atoms with Gasteiger partial charge in [0.15, 0.2) is 0 Å². The Bertz CT molecular complexity index is 474. The number of piperazine rings is 1. The van der Waals surface area contributed by atoms with Gasteiger partial charge in [0.2, 0.25) is 0 Å². The van der Waals surface area contributed by atoms with E-state index in [1.54, 1.807) is 6.07 Å². The van der Waals surface area contributed by atoms with Crippen molar-refractivity contribution >= 4 is 11.6 Å². The van der Waals surface area contributed by atoms with Gasteiger partial charge in [0.1, 0.15) is 5.82 Å². The second kappa shape index (κ2) is 6.00. The Morgan fingerprint density at radius 3 is 2.80 bits per heavy atom. The zero-order chi connectivity index (χ0) is 14.9. The van der Waals surface area contributed by atoms with E-state index in [0.29, 0.717) is 18.5 Å². The van der Waals surface area contributed by atoms with Crippen LogP contribution in [-0.2, 0) is 6.54 Å². The molecular formula is C16H24ClFN2. The first-order valence-electron chi connectivity index (χ1n) is 7.22. The maximum atomic E-state index is 13.6. The van der Waals surface area contributed by atoms with Crippen molar-refractivity contribution < 1.29 is 4.39 Å². The third-order valence-electron chi connectivity index (χ3n) is 4.03. The molecule has 112 valence electrons. The molecule has 0 aromatic heterocycles. The number of nitrogens with zero attached hydrogens (tertiary/aromatic N) is 1. The van der Waals surface area contributed by atoms with Gasteiger partial charge >= 0.3 is 0 Å². The standard InChI is InChI=1S/C16H24ClFN2/c1-11(2)14-8-19-16(3,4)10-20(14)9-12-6-5-7-13(18)15(12)17/h5-7,11,14,19H,8-10H2,1-4H3. The highest BCUT2D eigenvalue weighted by molar-refractivity contribution is 6.31. The van der Waals surface area contributed by atoms with Crippen LogP contribution in [0.1, 0.15) is 33.3 Å². The average Bonchev–Trinajstić information content (AvgIpc) is 2.33. The topological polar surface area (TPSA) is 15.3 Å². The molecule has 0 aliphatic carbocycles. The summed E-state index contributed by atoms with van der Waals surface area (Å²) in [4.78, 5) is 2.42. The molecule has 4 heteroatoms. The minimum absolute atomic E-state index is 0.0746. The molecule has 20 heavy (non-hydrogen) atoms. The fraction of sp³-hybridized carbons (Fsp3) is 0.625. The minimum Gasteiger partial charge on any atom is -0.309 e. The van der Waals surface area contributed by atoms with Crippen LogP contribution in [0.5, 0.6) is 0 Å². The van der Waals surface area contributed by atoms with Crippen LogP contribution >= 0.6 is 11.6 Å². The maximum Gasteiger partial charge on any atom is 0.142 e. The molecule has 0 bridgehead atoms. The van der Waals surface area contributed by atoms with Gasteiger partial charge in [-0.15, -0.1) is 0 Å². The Hall–Kier alpha value is -0.640. The first kappa shape index (κ1) is 15.7. The zero-order valence-corrected chi connectivity index (χ0v) is 13.5. The molecule has 1 N–H and O–H groups in total. The van der Waals surface area contributed by atoms with Gasteiger partial charge in [-0.2, -0.15) is 0 Å². The van der Waals surface area contributed by atoms with E-state index in [0.717, 1.165) is 18.7 Å². The van der Waals surface area contributed by atoms with Gasteiger partial charge in [0.05, 0.1) is 5.02 Å². The van der Waals surface area contributed by atoms with Crippen molar-refractivity contribution in [2.75, 3.05) is 13.1 Å². The molecule has 1 unspecified atom stereocenters. The van der Waals surface area contributed by atoms with E-state index in [2.05, 4.69) is 37.9 Å². The number of halogens is 2. The summed E-state index contributed by atoms with van der Waals surface area (Å²) in [6, 6.07) is 5.50. The van der Waals surface area contributed by atoms with Crippen LogP contribution in [-0.4, -0.2) is 29.6 Å². The first-order valence-corrected chi connectivity index (χ1v) is 7.60. The Morgan fingerprint density at radius 1 is 1.45 bits per heavy atom. The summed E-state index contributed by atoms with van der Waals surface area (Å²) in [5.74, 6) is 0.214. The predicted molar refractivity (Wildman–Crippen MR) is 82.5 cm³/mol. The van der Waals surface area contributed by atoms with Gasteiger partial charge in [-0.05, 0) is 31.4 Å². The molecule has 1 aliphatic heterocycles. The smallest absolute Gasteiger partial charge is 0.142 e. The molecule has 1 fully saturated rings. The summed E-state index contributed by atoms with van der Waals surface area (Å²) in [5.41, 5.74) is 0.945. The molecule has 0 saturated carbocycles. The molecule has 2 nitrogen and oxygen atoms in total. The van der Waals surface area contributed by atoms with Crippen molar-refractivity contribution in [3.05, 3.63) is 34.6 Å². The van der Waals surface area contributed by atoms with Crippen LogP contribution in [0, 0.1) is 11.7 Å². The lowest BCUT2D eigenvalue weighted by Crippen LogP contribution is -2.62. The monoisotopic (exact) mass is 298 g/mol. The van der Waals surface area contributed by atoms with Crippen LogP contribution in [0.2, 0.25) is 5.02 Å². The second-order valence-corrected chi connectivity index (χ2v) is 7.07. The maximum absolute atomic E-state index is 13.6. The highest BCUT2D eigenvalue weighted by atomic mass is 35.5. The van der Waals surface area contributed by atoms with Crippen molar-refractivity contribution in [1.29, 1.82) is 0 Å². The summed E-state index contributed by atoms with van der Waals surface area (Å²) in [5, 5.41) is 3.84. The Morgan fingerprint density at radius 2 is 2.15 bits per heavy atom. The summed E-state index contributed by atoms with van der Waals surface area (Å²) < 4.78 is 13.6. The summed E-state index contributed by atoms with van der Waals surface area (Å²) in [6.45, 7) is 11.4. The lowest BCUT2D eigenvalue weighted by Gasteiger charge is -2.46. The second-order valence-electron chi connectivity index (χ2n) is 6.69. The molecule has 0 amide bonds. The molecular weight excluding hydrogens is 275 g/mol. The van der Waals surface area contributed by atoms with Crippen molar-refractivity contribution in [3.63, 3.8) is 0 Å². The van der Waals surface area contributed by atoms with E-state index in [4.69, 9.17) is 11.6 Å². The van der Waals surface area contributed by atoms with E-state index >= 15 is 0 Å². The molecule has 1 saturated heterocycles. The van der Waals surface area contributed by atoms with Gasteiger partial charge in [-0.1, -0.05) is 37.6 Å². The summed E-state index contributed by atoms with van der Waals surface area (Å²) in [6.07, 6.45) is 0. The van der Waals surface area contributed by atoms with Crippen molar-refractivity contribution in [2.24, 2.45) is 5.92 Å². The summed E-state index contributed by atoms with van der Waals surface area (Å²) >= 11 is 6.09. The lowest BCUT2D eigenvalue weighted by molar-refractivity contribution is 0.0627. The SMILES string of the molecule is CC(C)C1CNC(C)(C)CN1Cc1cccc(F)c1Cl. The van der Waals surface area contributed by atoms with Crippen LogP contribution in [0.15, 0.2) is 18.2 Å². The molecule has 1 aromatic rings. The van der Waals surface area contributed by atoms with Crippen LogP contribution < -0.4 is 5.32 Å². The molecule has 0 spiro atoms. The number of benzene rings is 1. The molecule has 2 rings (SSSR count). The van der Waals surface area contributed by atoms with E-state index in [1.807, 2.05) is 6.07 Å². The Labute approximate surface area is 126 Å². The Kier molecular flexibility index (Phi) is 4.73. The lowest BCUT2D eigenvalue weighted by atomic mass is 9.92. The van der Waals surface area contributed by atoms with Crippen LogP contribution in [0.4, 0.5) is 4.39 Å². The quantitative estimate of drug-likeness (QED) is 0.915. The van der Waals surface area contributed by atoms with E-state index in [9.17, 15) is 4.39 Å². The van der Waals surface area contributed by atoms with Gasteiger partial charge in [0, 0.05) is 31.2 Å². The number of hydrogen-bond donors (Lipinski definition) is 1. The molecule has 0 radical (unpaired) electrons. The number of rotatable bonds is 3. The molecule has 1 aliphatic rings. The highest BCUT2D eigenvalue weighted by Gasteiger charge is 2.34. The van der Waals surface area contributed by atoms with Gasteiger partial charge in [-0.3, -0.25) is 4.90 Å². The predicted octanol–water partition coefficient (Wildman–Crippen LogP) is 3.69. The van der Waals surface area contributed by atoms with Gasteiger partial charge < -0.3 is 5.32 Å². The van der Waals surface area contributed by atoms with Crippen LogP contribution in [0.3, 0.4) is 0 Å². The molecule has 1 atom stereocenters. The fourth-order valence-electron chi connectivity index (χ4n) is 2.91. The minimum atomic E-state index is -0.334. The Balaban J connectivity index is 2.21. The third-order valence-corrected chi connectivity index (χ3v) is 4.45. The fourth-order valence-corrected chi connectivity index (χ4v) is 3.10. The molecule has 1 aromatic carbocycles. The molecule has 1 heterocycles. The third kappa shape index (κ3) is 3.51. The average molecular weight is 299 g/mol.